The molecule has 2 heterocycles. The van der Waals surface area contributed by atoms with Crippen molar-refractivity contribution < 1.29 is 14.9 Å². The molecule has 0 amide bonds. The fraction of sp³-hybridized carbons (Fsp3) is 0.500. The molecule has 2 aromatic heterocycles. The number of nitrogen functional groups attached to an aromatic ring is 1. The number of aliphatic hydroxyl groups is 2. The summed E-state index contributed by atoms with van der Waals surface area (Å²) in [6.45, 7) is 3.39. The summed E-state index contributed by atoms with van der Waals surface area (Å²) in [6.07, 6.45) is 4.48. The number of fused-ring (bicyclic) bond motifs is 3. The highest BCUT2D eigenvalue weighted by molar-refractivity contribution is 6.06. The number of aryl methyl sites for hydroxylation is 1. The Bertz CT molecular complexity index is 907. The molecule has 0 saturated heterocycles. The van der Waals surface area contributed by atoms with Crippen molar-refractivity contribution >= 4 is 27.8 Å². The molecule has 0 aliphatic heterocycles. The number of unbranched alkanes of at least 4 members (excludes halogenated alkanes) is 2. The number of benzene rings is 1. The number of nitrogens with two attached hydrogens (primary N) is 1. The first-order chi connectivity index (χ1) is 13.2. The third-order valence-corrected chi connectivity index (χ3v) is 4.65. The average molecular weight is 372 g/mol. The summed E-state index contributed by atoms with van der Waals surface area (Å²) in [6, 6.07) is 5.78. The number of pyridine rings is 1. The van der Waals surface area contributed by atoms with Crippen LogP contribution in [0.5, 0.6) is 5.75 Å². The third kappa shape index (κ3) is 4.14. The van der Waals surface area contributed by atoms with Crippen LogP contribution in [-0.4, -0.2) is 44.6 Å². The molecule has 146 valence electrons. The van der Waals surface area contributed by atoms with Gasteiger partial charge in [0.15, 0.2) is 5.82 Å². The van der Waals surface area contributed by atoms with Crippen LogP contribution in [0.2, 0.25) is 0 Å². The summed E-state index contributed by atoms with van der Waals surface area (Å²) in [7, 11) is 0. The van der Waals surface area contributed by atoms with E-state index in [1.54, 1.807) is 0 Å². The Morgan fingerprint density at radius 2 is 1.96 bits per heavy atom. The number of aromatic nitrogens is 3. The first-order valence-corrected chi connectivity index (χ1v) is 9.62. The Balaban J connectivity index is 2.04. The van der Waals surface area contributed by atoms with E-state index in [1.165, 1.54) is 0 Å². The molecular formula is C20H28N4O3. The average Bonchev–Trinajstić information content (AvgIpc) is 3.03. The van der Waals surface area contributed by atoms with Crippen LogP contribution in [0.1, 0.15) is 38.4 Å². The van der Waals surface area contributed by atoms with Crippen molar-refractivity contribution in [3.8, 4) is 5.75 Å². The van der Waals surface area contributed by atoms with Crippen LogP contribution in [-0.2, 0) is 13.0 Å². The minimum absolute atomic E-state index is 0.0420. The number of ether oxygens (including phenoxy) is 1. The van der Waals surface area contributed by atoms with E-state index in [-0.39, 0.29) is 13.2 Å². The van der Waals surface area contributed by atoms with Crippen LogP contribution < -0.4 is 10.5 Å². The van der Waals surface area contributed by atoms with Gasteiger partial charge in [0.25, 0.3) is 0 Å². The maximum absolute atomic E-state index is 9.54. The van der Waals surface area contributed by atoms with Crippen molar-refractivity contribution in [1.82, 2.24) is 14.5 Å². The number of anilines is 1. The topological polar surface area (TPSA) is 106 Å². The Kier molecular flexibility index (Phi) is 6.47. The van der Waals surface area contributed by atoms with E-state index < -0.39 is 0 Å². The molecule has 0 radical (unpaired) electrons. The van der Waals surface area contributed by atoms with Gasteiger partial charge in [0.05, 0.1) is 24.2 Å². The normalized spacial score (nSPS) is 11.5. The molecule has 0 fully saturated rings. The quantitative estimate of drug-likeness (QED) is 0.472. The zero-order valence-electron chi connectivity index (χ0n) is 15.8. The van der Waals surface area contributed by atoms with Gasteiger partial charge < -0.3 is 25.3 Å². The summed E-state index contributed by atoms with van der Waals surface area (Å²) in [5.74, 6) is 2.06. The molecule has 0 bridgehead atoms. The number of imidazole rings is 1. The monoisotopic (exact) mass is 372 g/mol. The number of nitrogens with zero attached hydrogens (tertiary/aromatic N) is 3. The van der Waals surface area contributed by atoms with E-state index in [2.05, 4.69) is 16.5 Å². The van der Waals surface area contributed by atoms with Crippen molar-refractivity contribution in [3.05, 3.63) is 24.0 Å². The second kappa shape index (κ2) is 9.01. The lowest BCUT2D eigenvalue weighted by Gasteiger charge is -2.11. The summed E-state index contributed by atoms with van der Waals surface area (Å²) in [5, 5.41) is 19.3. The second-order valence-electron chi connectivity index (χ2n) is 6.66. The standard InChI is InChI=1S/C20H28N4O3/c1-2-3-6-17-23-18-19(24(17)9-11-26)15-8-7-14(27-12-5-4-10-25)13-16(15)22-20(18)21/h7-8,13,25-26H,2-6,9-12H2,1H3,(H2,21,22). The number of hydrogen-bond donors (Lipinski definition) is 3. The van der Waals surface area contributed by atoms with Crippen LogP contribution in [0.3, 0.4) is 0 Å². The second-order valence-corrected chi connectivity index (χ2v) is 6.66. The predicted molar refractivity (Wildman–Crippen MR) is 107 cm³/mol. The van der Waals surface area contributed by atoms with E-state index in [4.69, 9.17) is 20.6 Å². The van der Waals surface area contributed by atoms with Crippen molar-refractivity contribution in [2.75, 3.05) is 25.6 Å². The molecule has 0 saturated carbocycles. The number of aliphatic hydroxyl groups excluding tert-OH is 2. The van der Waals surface area contributed by atoms with E-state index in [9.17, 15) is 5.11 Å². The molecule has 0 unspecified atom stereocenters. The molecule has 4 N–H and O–H groups in total. The van der Waals surface area contributed by atoms with Crippen molar-refractivity contribution in [2.24, 2.45) is 0 Å². The molecule has 7 nitrogen and oxygen atoms in total. The molecule has 27 heavy (non-hydrogen) atoms. The number of hydrogen-bond acceptors (Lipinski definition) is 6. The Morgan fingerprint density at radius 1 is 1.11 bits per heavy atom. The molecule has 0 aliphatic carbocycles. The summed E-state index contributed by atoms with van der Waals surface area (Å²) in [5.41, 5.74) is 8.57. The van der Waals surface area contributed by atoms with Crippen molar-refractivity contribution in [2.45, 2.75) is 45.6 Å². The summed E-state index contributed by atoms with van der Waals surface area (Å²) < 4.78 is 7.81. The van der Waals surface area contributed by atoms with Crippen molar-refractivity contribution in [1.29, 1.82) is 0 Å². The zero-order valence-corrected chi connectivity index (χ0v) is 15.8. The van der Waals surface area contributed by atoms with Crippen LogP contribution >= 0.6 is 0 Å². The van der Waals surface area contributed by atoms with Gasteiger partial charge in [0.1, 0.15) is 17.1 Å². The molecule has 0 spiro atoms. The predicted octanol–water partition coefficient (Wildman–Crippen LogP) is 2.65. The minimum Gasteiger partial charge on any atom is -0.494 e. The lowest BCUT2D eigenvalue weighted by atomic mass is 10.1. The molecular weight excluding hydrogens is 344 g/mol. The lowest BCUT2D eigenvalue weighted by molar-refractivity contribution is 0.253. The summed E-state index contributed by atoms with van der Waals surface area (Å²) >= 11 is 0. The SMILES string of the molecule is CCCCc1nc2c(N)nc3cc(OCCCCO)ccc3c2n1CCO. The molecule has 7 heteroatoms. The summed E-state index contributed by atoms with van der Waals surface area (Å²) in [4.78, 5) is 9.24. The Hall–Kier alpha value is -2.38. The Labute approximate surface area is 158 Å². The highest BCUT2D eigenvalue weighted by Gasteiger charge is 2.17. The fourth-order valence-corrected chi connectivity index (χ4v) is 3.30. The van der Waals surface area contributed by atoms with Crippen LogP contribution in [0.25, 0.3) is 21.9 Å². The van der Waals surface area contributed by atoms with Crippen LogP contribution in [0.4, 0.5) is 5.82 Å². The van der Waals surface area contributed by atoms with Gasteiger partial charge in [-0.25, -0.2) is 9.97 Å². The van der Waals surface area contributed by atoms with Crippen LogP contribution in [0.15, 0.2) is 18.2 Å². The lowest BCUT2D eigenvalue weighted by Crippen LogP contribution is -2.07. The van der Waals surface area contributed by atoms with Gasteiger partial charge in [-0.3, -0.25) is 0 Å². The van der Waals surface area contributed by atoms with Gasteiger partial charge in [-0.1, -0.05) is 13.3 Å². The molecule has 3 aromatic rings. The highest BCUT2D eigenvalue weighted by atomic mass is 16.5. The largest absolute Gasteiger partial charge is 0.494 e. The first-order valence-electron chi connectivity index (χ1n) is 9.62. The maximum Gasteiger partial charge on any atom is 0.152 e. The smallest absolute Gasteiger partial charge is 0.152 e. The van der Waals surface area contributed by atoms with E-state index in [0.717, 1.165) is 60.1 Å². The van der Waals surface area contributed by atoms with Gasteiger partial charge in [-0.05, 0) is 31.4 Å². The highest BCUT2D eigenvalue weighted by Crippen LogP contribution is 2.31. The molecule has 1 aromatic carbocycles. The number of rotatable bonds is 10. The zero-order chi connectivity index (χ0) is 19.2. The van der Waals surface area contributed by atoms with Crippen molar-refractivity contribution in [3.63, 3.8) is 0 Å². The van der Waals surface area contributed by atoms with Gasteiger partial charge in [-0.15, -0.1) is 0 Å². The maximum atomic E-state index is 9.54. The van der Waals surface area contributed by atoms with E-state index >= 15 is 0 Å². The van der Waals surface area contributed by atoms with Gasteiger partial charge in [0.2, 0.25) is 0 Å². The van der Waals surface area contributed by atoms with E-state index in [0.29, 0.717) is 24.5 Å². The molecule has 0 aliphatic rings. The van der Waals surface area contributed by atoms with Gasteiger partial charge >= 0.3 is 0 Å². The molecule has 0 atom stereocenters. The fourth-order valence-electron chi connectivity index (χ4n) is 3.30. The van der Waals surface area contributed by atoms with E-state index in [1.807, 2.05) is 18.2 Å². The van der Waals surface area contributed by atoms with Crippen LogP contribution in [0, 0.1) is 0 Å². The van der Waals surface area contributed by atoms with Gasteiger partial charge in [0, 0.05) is 31.0 Å². The third-order valence-electron chi connectivity index (χ3n) is 4.65. The minimum atomic E-state index is 0.0420. The van der Waals surface area contributed by atoms with Gasteiger partial charge in [-0.2, -0.15) is 0 Å². The molecule has 3 rings (SSSR count). The Morgan fingerprint density at radius 3 is 2.70 bits per heavy atom. The first kappa shape index (κ1) is 19.4.